The summed E-state index contributed by atoms with van der Waals surface area (Å²) in [6, 6.07) is 12.6. The number of carboxylic acid groups (broad SMARTS) is 1. The van der Waals surface area contributed by atoms with Crippen LogP contribution < -0.4 is 16.0 Å². The fourth-order valence-corrected chi connectivity index (χ4v) is 7.20. The highest BCUT2D eigenvalue weighted by Gasteiger charge is 2.45. The first-order valence-corrected chi connectivity index (χ1v) is 16.0. The molecule has 3 amide bonds. The molecule has 0 radical (unpaired) electrons. The van der Waals surface area contributed by atoms with E-state index in [1.807, 2.05) is 30.6 Å². The predicted octanol–water partition coefficient (Wildman–Crippen LogP) is 6.31. The second-order valence-electron chi connectivity index (χ2n) is 11.9. The second kappa shape index (κ2) is 12.3. The highest BCUT2D eigenvalue weighted by atomic mass is 32.1. The average molecular weight is 626 g/mol. The molecule has 2 heterocycles. The first-order valence-electron chi connectivity index (χ1n) is 15.1. The topological polar surface area (TPSA) is 142 Å². The Balaban J connectivity index is 1.26. The number of nitrogens with zero attached hydrogens (tertiary/aromatic N) is 2. The van der Waals surface area contributed by atoms with Crippen molar-refractivity contribution in [1.82, 2.24) is 14.9 Å². The van der Waals surface area contributed by atoms with Crippen LogP contribution in [0.5, 0.6) is 0 Å². The third kappa shape index (κ3) is 6.12. The monoisotopic (exact) mass is 625 g/mol. The van der Waals surface area contributed by atoms with Gasteiger partial charge in [-0.25, -0.2) is 9.78 Å². The van der Waals surface area contributed by atoms with Gasteiger partial charge in [-0.2, -0.15) is 0 Å². The molecule has 232 valence electrons. The number of nitrogens with one attached hydrogen (secondary N) is 3. The van der Waals surface area contributed by atoms with Gasteiger partial charge in [-0.1, -0.05) is 31.0 Å². The van der Waals surface area contributed by atoms with E-state index in [4.69, 9.17) is 10.1 Å². The third-order valence-corrected chi connectivity index (χ3v) is 9.63. The molecular weight excluding hydrogens is 590 g/mol. The molecular formula is C34H35N5O5S. The van der Waals surface area contributed by atoms with E-state index in [0.717, 1.165) is 47.6 Å². The molecule has 0 bridgehead atoms. The van der Waals surface area contributed by atoms with Gasteiger partial charge in [-0.3, -0.25) is 14.4 Å². The molecule has 11 heteroatoms. The molecule has 0 spiro atoms. The molecule has 10 nitrogen and oxygen atoms in total. The summed E-state index contributed by atoms with van der Waals surface area (Å²) in [5.41, 5.74) is 4.66. The fourth-order valence-electron chi connectivity index (χ4n) is 6.46. The smallest absolute Gasteiger partial charge is 0.328 e. The number of thiazole rings is 1. The van der Waals surface area contributed by atoms with Crippen LogP contribution in [0.4, 0.5) is 10.8 Å². The minimum absolute atomic E-state index is 0.166. The molecule has 2 aliphatic carbocycles. The van der Waals surface area contributed by atoms with Crippen LogP contribution in [0.25, 0.3) is 28.4 Å². The Morgan fingerprint density at radius 1 is 1.02 bits per heavy atom. The van der Waals surface area contributed by atoms with E-state index in [9.17, 15) is 19.2 Å². The normalized spacial score (nSPS) is 16.0. The summed E-state index contributed by atoms with van der Waals surface area (Å²) in [6.45, 7) is 1.47. The number of hydrogen-bond acceptors (Lipinski definition) is 6. The van der Waals surface area contributed by atoms with Crippen molar-refractivity contribution in [2.24, 2.45) is 7.05 Å². The SMILES string of the molecule is CC(=O)Nc1nc(-c2c(C3CCCC3)c3ccc(C(=O)NC4(C(=O)Nc5ccc(/C=C/C(=O)O)cc5)CCC4)cc3n2C)cs1. The van der Waals surface area contributed by atoms with Gasteiger partial charge in [-0.15, -0.1) is 11.3 Å². The predicted molar refractivity (Wildman–Crippen MR) is 175 cm³/mol. The maximum absolute atomic E-state index is 13.7. The summed E-state index contributed by atoms with van der Waals surface area (Å²) in [5.74, 6) is -1.40. The number of anilines is 2. The van der Waals surface area contributed by atoms with Crippen LogP contribution in [0.1, 0.15) is 79.3 Å². The fraction of sp³-hybridized carbons (Fsp3) is 0.324. The van der Waals surface area contributed by atoms with Gasteiger partial charge in [0.05, 0.1) is 5.69 Å². The number of carbonyl (C=O) groups is 4. The van der Waals surface area contributed by atoms with Crippen LogP contribution in [0, 0.1) is 0 Å². The maximum atomic E-state index is 13.7. The van der Waals surface area contributed by atoms with E-state index in [1.165, 1.54) is 42.7 Å². The number of amides is 3. The van der Waals surface area contributed by atoms with Crippen molar-refractivity contribution in [3.8, 4) is 11.4 Å². The first-order chi connectivity index (χ1) is 21.6. The van der Waals surface area contributed by atoms with Crippen LogP contribution in [0.15, 0.2) is 53.9 Å². The van der Waals surface area contributed by atoms with Crippen LogP contribution in [-0.2, 0) is 21.4 Å². The molecule has 4 N–H and O–H groups in total. The van der Waals surface area contributed by atoms with Gasteiger partial charge in [0.1, 0.15) is 11.2 Å². The van der Waals surface area contributed by atoms with Crippen molar-refractivity contribution in [3.63, 3.8) is 0 Å². The zero-order chi connectivity index (χ0) is 31.7. The van der Waals surface area contributed by atoms with Crippen molar-refractivity contribution in [2.45, 2.75) is 63.3 Å². The number of aryl methyl sites for hydroxylation is 1. The van der Waals surface area contributed by atoms with E-state index < -0.39 is 11.5 Å². The van der Waals surface area contributed by atoms with Crippen molar-refractivity contribution in [3.05, 3.63) is 70.6 Å². The number of fused-ring (bicyclic) bond motifs is 1. The minimum Gasteiger partial charge on any atom is -0.478 e. The number of hydrogen-bond donors (Lipinski definition) is 4. The van der Waals surface area contributed by atoms with Crippen molar-refractivity contribution in [2.75, 3.05) is 10.6 Å². The number of carbonyl (C=O) groups excluding carboxylic acids is 3. The van der Waals surface area contributed by atoms with E-state index in [0.29, 0.717) is 40.7 Å². The lowest BCUT2D eigenvalue weighted by Gasteiger charge is -2.40. The lowest BCUT2D eigenvalue weighted by molar-refractivity contribution is -0.131. The lowest BCUT2D eigenvalue weighted by atomic mass is 9.75. The molecule has 4 aromatic rings. The molecule has 0 saturated heterocycles. The van der Waals surface area contributed by atoms with Gasteiger partial charge in [-0.05, 0) is 79.5 Å². The molecule has 2 aliphatic rings. The van der Waals surface area contributed by atoms with Gasteiger partial charge in [0.15, 0.2) is 5.13 Å². The third-order valence-electron chi connectivity index (χ3n) is 8.88. The van der Waals surface area contributed by atoms with E-state index >= 15 is 0 Å². The Kier molecular flexibility index (Phi) is 8.28. The molecule has 0 atom stereocenters. The largest absolute Gasteiger partial charge is 0.478 e. The number of carboxylic acids is 1. The zero-order valence-corrected chi connectivity index (χ0v) is 26.0. The molecule has 0 aliphatic heterocycles. The van der Waals surface area contributed by atoms with Crippen molar-refractivity contribution in [1.29, 1.82) is 0 Å². The summed E-state index contributed by atoms with van der Waals surface area (Å²) in [7, 11) is 1.98. The Hall–Kier alpha value is -4.77. The molecule has 6 rings (SSSR count). The van der Waals surface area contributed by atoms with Crippen molar-refractivity contribution < 1.29 is 24.3 Å². The summed E-state index contributed by atoms with van der Waals surface area (Å²) < 4.78 is 2.09. The summed E-state index contributed by atoms with van der Waals surface area (Å²) in [6.07, 6.45) is 8.96. The highest BCUT2D eigenvalue weighted by molar-refractivity contribution is 7.14. The highest BCUT2D eigenvalue weighted by Crippen LogP contribution is 2.45. The van der Waals surface area contributed by atoms with Crippen LogP contribution in [-0.4, -0.2) is 43.9 Å². The van der Waals surface area contributed by atoms with E-state index in [-0.39, 0.29) is 17.7 Å². The molecule has 2 aromatic carbocycles. The first kappa shape index (κ1) is 30.3. The van der Waals surface area contributed by atoms with Crippen LogP contribution in [0.3, 0.4) is 0 Å². The van der Waals surface area contributed by atoms with Gasteiger partial charge in [0, 0.05) is 47.6 Å². The number of aromatic nitrogens is 2. The minimum atomic E-state index is -1.03. The van der Waals surface area contributed by atoms with E-state index in [2.05, 4.69) is 20.5 Å². The average Bonchev–Trinajstić information content (AvgIpc) is 3.74. The number of benzene rings is 2. The molecule has 2 saturated carbocycles. The van der Waals surface area contributed by atoms with Gasteiger partial charge < -0.3 is 25.6 Å². The van der Waals surface area contributed by atoms with E-state index in [1.54, 1.807) is 24.3 Å². The Morgan fingerprint density at radius 3 is 2.40 bits per heavy atom. The maximum Gasteiger partial charge on any atom is 0.328 e. The van der Waals surface area contributed by atoms with Crippen LogP contribution in [0.2, 0.25) is 0 Å². The molecule has 0 unspecified atom stereocenters. The standard InChI is InChI=1S/C34H35N5O5S/c1-20(40)35-33-37-26(19-45-33)30-29(22-6-3-4-7-22)25-14-11-23(18-27(25)39(30)2)31(43)38-34(16-5-17-34)32(44)36-24-12-8-21(9-13-24)10-15-28(41)42/h8-15,18-19,22H,3-7,16-17H2,1-2H3,(H,36,44)(H,38,43)(H,41,42)(H,35,37,40)/b15-10+. The van der Waals surface area contributed by atoms with Gasteiger partial charge in [0.2, 0.25) is 11.8 Å². The summed E-state index contributed by atoms with van der Waals surface area (Å²) in [5, 5.41) is 21.2. The molecule has 2 aromatic heterocycles. The second-order valence-corrected chi connectivity index (χ2v) is 12.7. The van der Waals surface area contributed by atoms with Gasteiger partial charge >= 0.3 is 5.97 Å². The Labute approximate surface area is 264 Å². The summed E-state index contributed by atoms with van der Waals surface area (Å²) >= 11 is 1.39. The zero-order valence-electron chi connectivity index (χ0n) is 25.2. The Bertz CT molecular complexity index is 1830. The molecule has 2 fully saturated rings. The molecule has 45 heavy (non-hydrogen) atoms. The Morgan fingerprint density at radius 2 is 1.76 bits per heavy atom. The quantitative estimate of drug-likeness (QED) is 0.161. The summed E-state index contributed by atoms with van der Waals surface area (Å²) in [4.78, 5) is 54.2. The van der Waals surface area contributed by atoms with Gasteiger partial charge in [0.25, 0.3) is 5.91 Å². The lowest BCUT2D eigenvalue weighted by Crippen LogP contribution is -2.61. The number of aliphatic carboxylic acids is 1. The van der Waals surface area contributed by atoms with Crippen molar-refractivity contribution >= 4 is 62.8 Å². The van der Waals surface area contributed by atoms with Crippen LogP contribution >= 0.6 is 11.3 Å². The number of rotatable bonds is 9.